The number of pyridine rings is 1. The lowest BCUT2D eigenvalue weighted by Gasteiger charge is -2.07. The van der Waals surface area contributed by atoms with Gasteiger partial charge in [0.2, 0.25) is 0 Å². The first-order valence-corrected chi connectivity index (χ1v) is 6.89. The molecule has 2 rings (SSSR count). The first-order valence-electron chi connectivity index (χ1n) is 5.91. The number of benzene rings is 1. The van der Waals surface area contributed by atoms with Crippen molar-refractivity contribution < 1.29 is 10.1 Å². The number of oxime groups is 1. The van der Waals surface area contributed by atoms with E-state index in [0.29, 0.717) is 10.8 Å². The maximum absolute atomic E-state index is 10.8. The molecule has 1 aromatic carbocycles. The molecule has 3 N–H and O–H groups in total. The molecule has 0 aliphatic carbocycles. The Kier molecular flexibility index (Phi) is 4.72. The Labute approximate surface area is 124 Å². The van der Waals surface area contributed by atoms with Gasteiger partial charge in [0.05, 0.1) is 10.5 Å². The van der Waals surface area contributed by atoms with Crippen molar-refractivity contribution in [3.05, 3.63) is 63.8 Å². The Morgan fingerprint density at radius 2 is 2.14 bits per heavy atom. The van der Waals surface area contributed by atoms with Crippen molar-refractivity contribution in [1.82, 2.24) is 4.98 Å². The Balaban J connectivity index is 2.28. The average Bonchev–Trinajstić information content (AvgIpc) is 2.52. The Hall–Kier alpha value is -2.61. The van der Waals surface area contributed by atoms with Gasteiger partial charge in [0.15, 0.2) is 5.84 Å². The summed E-state index contributed by atoms with van der Waals surface area (Å²) in [5.74, 6) is 0.416. The van der Waals surface area contributed by atoms with Gasteiger partial charge >= 0.3 is 0 Å². The van der Waals surface area contributed by atoms with Crippen molar-refractivity contribution in [2.75, 3.05) is 0 Å². The standard InChI is InChI=1S/C13H12N4O3S/c14-12(16-18)11-6-10(17(19)20)7-15-13(11)21-8-9-4-2-1-3-5-9/h1-7,18H,8H2,(H2,14,16). The lowest BCUT2D eigenvalue weighted by molar-refractivity contribution is -0.385. The molecule has 0 fully saturated rings. The van der Waals surface area contributed by atoms with Gasteiger partial charge < -0.3 is 10.9 Å². The molecule has 0 aliphatic rings. The zero-order chi connectivity index (χ0) is 15.2. The number of nitro groups is 1. The molecule has 2 aromatic rings. The lowest BCUT2D eigenvalue weighted by Crippen LogP contribution is -2.15. The van der Waals surface area contributed by atoms with Crippen LogP contribution in [0.4, 0.5) is 5.69 Å². The van der Waals surface area contributed by atoms with Crippen molar-refractivity contribution in [3.63, 3.8) is 0 Å². The highest BCUT2D eigenvalue weighted by molar-refractivity contribution is 7.98. The van der Waals surface area contributed by atoms with Gasteiger partial charge in [0.25, 0.3) is 5.69 Å². The summed E-state index contributed by atoms with van der Waals surface area (Å²) in [6.45, 7) is 0. The van der Waals surface area contributed by atoms with E-state index in [1.165, 1.54) is 17.8 Å². The van der Waals surface area contributed by atoms with Crippen LogP contribution >= 0.6 is 11.8 Å². The van der Waals surface area contributed by atoms with Gasteiger partial charge in [-0.2, -0.15) is 0 Å². The van der Waals surface area contributed by atoms with Crippen LogP contribution in [0.1, 0.15) is 11.1 Å². The van der Waals surface area contributed by atoms with Gasteiger partial charge in [-0.1, -0.05) is 35.5 Å². The van der Waals surface area contributed by atoms with Gasteiger partial charge in [-0.3, -0.25) is 10.1 Å². The summed E-state index contributed by atoms with van der Waals surface area (Å²) in [5.41, 5.74) is 6.67. The molecule has 1 heterocycles. The highest BCUT2D eigenvalue weighted by atomic mass is 32.2. The van der Waals surface area contributed by atoms with E-state index < -0.39 is 4.92 Å². The fourth-order valence-corrected chi connectivity index (χ4v) is 2.56. The van der Waals surface area contributed by atoms with Crippen LogP contribution in [0, 0.1) is 10.1 Å². The summed E-state index contributed by atoms with van der Waals surface area (Å²) in [6, 6.07) is 10.9. The summed E-state index contributed by atoms with van der Waals surface area (Å²) in [6.07, 6.45) is 1.15. The first kappa shape index (κ1) is 14.8. The third kappa shape index (κ3) is 3.69. The minimum Gasteiger partial charge on any atom is -0.409 e. The van der Waals surface area contributed by atoms with Crippen molar-refractivity contribution in [1.29, 1.82) is 0 Å². The minimum atomic E-state index is -0.577. The van der Waals surface area contributed by atoms with Gasteiger partial charge in [-0.15, -0.1) is 11.8 Å². The number of thioether (sulfide) groups is 1. The van der Waals surface area contributed by atoms with E-state index >= 15 is 0 Å². The number of nitrogens with two attached hydrogens (primary N) is 1. The Bertz CT molecular complexity index is 676. The maximum Gasteiger partial charge on any atom is 0.288 e. The largest absolute Gasteiger partial charge is 0.409 e. The number of nitrogens with zero attached hydrogens (tertiary/aromatic N) is 3. The van der Waals surface area contributed by atoms with Crippen molar-refractivity contribution in [2.24, 2.45) is 10.9 Å². The van der Waals surface area contributed by atoms with Crippen LogP contribution < -0.4 is 5.73 Å². The zero-order valence-corrected chi connectivity index (χ0v) is 11.7. The van der Waals surface area contributed by atoms with Crippen molar-refractivity contribution in [2.45, 2.75) is 10.8 Å². The monoisotopic (exact) mass is 304 g/mol. The molecular weight excluding hydrogens is 292 g/mol. The third-order valence-corrected chi connectivity index (χ3v) is 3.73. The van der Waals surface area contributed by atoms with Crippen LogP contribution in [0.25, 0.3) is 0 Å². The van der Waals surface area contributed by atoms with Crippen molar-refractivity contribution in [3.8, 4) is 0 Å². The predicted octanol–water partition coefficient (Wildman–Crippen LogP) is 2.38. The van der Waals surface area contributed by atoms with Crippen LogP contribution in [0.3, 0.4) is 0 Å². The second kappa shape index (κ2) is 6.71. The molecule has 8 heteroatoms. The topological polar surface area (TPSA) is 115 Å². The number of aromatic nitrogens is 1. The fourth-order valence-electron chi connectivity index (χ4n) is 1.62. The summed E-state index contributed by atoms with van der Waals surface area (Å²) < 4.78 is 0. The van der Waals surface area contributed by atoms with Crippen LogP contribution in [-0.4, -0.2) is 21.0 Å². The molecule has 0 bridgehead atoms. The smallest absolute Gasteiger partial charge is 0.288 e. The van der Waals surface area contributed by atoms with Crippen LogP contribution in [0.15, 0.2) is 52.8 Å². The quantitative estimate of drug-likeness (QED) is 0.219. The molecule has 7 nitrogen and oxygen atoms in total. The molecule has 0 amide bonds. The molecular formula is C13H12N4O3S. The number of hydrogen-bond donors (Lipinski definition) is 2. The molecule has 21 heavy (non-hydrogen) atoms. The summed E-state index contributed by atoms with van der Waals surface area (Å²) in [5, 5.41) is 22.9. The molecule has 0 radical (unpaired) electrons. The number of rotatable bonds is 5. The SMILES string of the molecule is NC(=NO)c1cc([N+](=O)[O-])cnc1SCc1ccccc1. The van der Waals surface area contributed by atoms with E-state index in [4.69, 9.17) is 10.9 Å². The van der Waals surface area contributed by atoms with Gasteiger partial charge in [-0.05, 0) is 5.56 Å². The van der Waals surface area contributed by atoms with Crippen molar-refractivity contribution >= 4 is 23.3 Å². The van der Waals surface area contributed by atoms with E-state index in [0.717, 1.165) is 11.8 Å². The molecule has 0 saturated heterocycles. The fraction of sp³-hybridized carbons (Fsp3) is 0.0769. The minimum absolute atomic E-state index is 0.207. The highest BCUT2D eigenvalue weighted by Crippen LogP contribution is 2.26. The summed E-state index contributed by atoms with van der Waals surface area (Å²) in [7, 11) is 0. The van der Waals surface area contributed by atoms with E-state index in [2.05, 4.69) is 10.1 Å². The molecule has 0 atom stereocenters. The maximum atomic E-state index is 10.8. The second-order valence-corrected chi connectivity index (χ2v) is 5.03. The summed E-state index contributed by atoms with van der Waals surface area (Å²) >= 11 is 1.36. The summed E-state index contributed by atoms with van der Waals surface area (Å²) in [4.78, 5) is 14.2. The molecule has 0 aliphatic heterocycles. The number of amidine groups is 1. The van der Waals surface area contributed by atoms with Gasteiger partial charge in [0, 0.05) is 11.8 Å². The van der Waals surface area contributed by atoms with Gasteiger partial charge in [-0.25, -0.2) is 4.98 Å². The Morgan fingerprint density at radius 1 is 1.43 bits per heavy atom. The molecule has 0 saturated carbocycles. The highest BCUT2D eigenvalue weighted by Gasteiger charge is 2.16. The lowest BCUT2D eigenvalue weighted by atomic mass is 10.2. The normalized spacial score (nSPS) is 11.3. The average molecular weight is 304 g/mol. The van der Waals surface area contributed by atoms with Gasteiger partial charge in [0.1, 0.15) is 11.2 Å². The van der Waals surface area contributed by atoms with E-state index in [-0.39, 0.29) is 17.1 Å². The molecule has 108 valence electrons. The zero-order valence-electron chi connectivity index (χ0n) is 10.8. The molecule has 0 unspecified atom stereocenters. The number of hydrogen-bond acceptors (Lipinski definition) is 6. The predicted molar refractivity (Wildman–Crippen MR) is 79.4 cm³/mol. The van der Waals surface area contributed by atoms with E-state index in [9.17, 15) is 10.1 Å². The Morgan fingerprint density at radius 3 is 2.76 bits per heavy atom. The first-order chi connectivity index (χ1) is 10.1. The third-order valence-electron chi connectivity index (χ3n) is 2.65. The van der Waals surface area contributed by atoms with E-state index in [1.54, 1.807) is 0 Å². The van der Waals surface area contributed by atoms with Crippen LogP contribution in [0.5, 0.6) is 0 Å². The van der Waals surface area contributed by atoms with Crippen LogP contribution in [-0.2, 0) is 5.75 Å². The second-order valence-electron chi connectivity index (χ2n) is 4.06. The van der Waals surface area contributed by atoms with E-state index in [1.807, 2.05) is 30.3 Å². The molecule has 0 spiro atoms. The van der Waals surface area contributed by atoms with Crippen LogP contribution in [0.2, 0.25) is 0 Å². The molecule has 1 aromatic heterocycles.